The van der Waals surface area contributed by atoms with Crippen LogP contribution in [0.15, 0.2) is 36.4 Å². The quantitative estimate of drug-likeness (QED) is 0.697. The average Bonchev–Trinajstić information content (AvgIpc) is 3.07. The number of carbonyl (C=O) groups is 1. The number of urea groups is 1. The van der Waals surface area contributed by atoms with Crippen molar-refractivity contribution in [2.45, 2.75) is 44.5 Å². The first kappa shape index (κ1) is 21.4. The lowest BCUT2D eigenvalue weighted by Crippen LogP contribution is -2.53. The first-order chi connectivity index (χ1) is 14.8. The van der Waals surface area contributed by atoms with Gasteiger partial charge in [0.25, 0.3) is 0 Å². The Morgan fingerprint density at radius 2 is 2.03 bits per heavy atom. The van der Waals surface area contributed by atoms with E-state index >= 15 is 0 Å². The number of hydrogen-bond acceptors (Lipinski definition) is 4. The molecule has 2 bridgehead atoms. The van der Waals surface area contributed by atoms with Gasteiger partial charge in [0, 0.05) is 25.2 Å². The minimum Gasteiger partial charge on any atom is -0.389 e. The van der Waals surface area contributed by atoms with E-state index in [0.717, 1.165) is 31.4 Å². The molecule has 6 nitrogen and oxygen atoms in total. The number of aromatic nitrogens is 1. The van der Waals surface area contributed by atoms with E-state index in [1.807, 2.05) is 4.90 Å². The number of carbonyl (C=O) groups excluding carboxylic acids is 1. The van der Waals surface area contributed by atoms with Crippen molar-refractivity contribution in [2.75, 3.05) is 29.4 Å². The normalized spacial score (nSPS) is 20.0. The Hall–Kier alpha value is -2.81. The molecule has 2 N–H and O–H groups in total. The van der Waals surface area contributed by atoms with Gasteiger partial charge in [0.2, 0.25) is 0 Å². The van der Waals surface area contributed by atoms with E-state index in [1.54, 1.807) is 18.2 Å². The highest BCUT2D eigenvalue weighted by Gasteiger charge is 2.45. The highest BCUT2D eigenvalue weighted by Crippen LogP contribution is 2.40. The molecule has 3 heterocycles. The Bertz CT molecular complexity index is 966. The molecule has 0 spiro atoms. The molecule has 0 radical (unpaired) electrons. The topological polar surface area (TPSA) is 68.7 Å². The zero-order valence-corrected chi connectivity index (χ0v) is 17.2. The van der Waals surface area contributed by atoms with E-state index in [4.69, 9.17) is 0 Å². The van der Waals surface area contributed by atoms with Crippen molar-refractivity contribution in [1.29, 1.82) is 0 Å². The van der Waals surface area contributed by atoms with E-state index < -0.39 is 23.9 Å². The maximum absolute atomic E-state index is 13.1. The Kier molecular flexibility index (Phi) is 5.79. The zero-order valence-electron chi connectivity index (χ0n) is 17.2. The lowest BCUT2D eigenvalue weighted by atomic mass is 10.1. The number of alkyl halides is 3. The molecule has 2 aliphatic rings. The van der Waals surface area contributed by atoms with E-state index in [9.17, 15) is 23.1 Å². The lowest BCUT2D eigenvalue weighted by Gasteiger charge is -2.36. The van der Waals surface area contributed by atoms with Gasteiger partial charge >= 0.3 is 12.2 Å². The number of rotatable bonds is 5. The van der Waals surface area contributed by atoms with Gasteiger partial charge in [-0.15, -0.1) is 0 Å². The molecule has 31 heavy (non-hydrogen) atoms. The third-order valence-electron chi connectivity index (χ3n) is 5.78. The second-order valence-corrected chi connectivity index (χ2v) is 7.97. The molecule has 1 aromatic carbocycles. The molecule has 9 heteroatoms. The second-order valence-electron chi connectivity index (χ2n) is 7.97. The fourth-order valence-corrected chi connectivity index (χ4v) is 4.16. The first-order valence-electron chi connectivity index (χ1n) is 10.5. The van der Waals surface area contributed by atoms with Gasteiger partial charge in [0.15, 0.2) is 5.82 Å². The van der Waals surface area contributed by atoms with Gasteiger partial charge < -0.3 is 15.3 Å². The fourth-order valence-electron chi connectivity index (χ4n) is 4.16. The summed E-state index contributed by atoms with van der Waals surface area (Å²) in [5.74, 6) is 0.357. The van der Waals surface area contributed by atoms with Crippen LogP contribution in [0, 0.1) is 0 Å². The summed E-state index contributed by atoms with van der Waals surface area (Å²) < 4.78 is 39.4. The molecule has 2 atom stereocenters. The number of nitrogens with zero attached hydrogens (tertiary/aromatic N) is 3. The zero-order chi connectivity index (χ0) is 22.2. The number of benzene rings is 1. The van der Waals surface area contributed by atoms with Gasteiger partial charge in [-0.3, -0.25) is 4.90 Å². The Balaban J connectivity index is 1.69. The van der Waals surface area contributed by atoms with E-state index in [0.29, 0.717) is 42.4 Å². The van der Waals surface area contributed by atoms with Crippen LogP contribution >= 0.6 is 0 Å². The molecule has 0 aliphatic carbocycles. The fraction of sp³-hybridized carbons (Fsp3) is 0.455. The largest absolute Gasteiger partial charge is 0.416 e. The monoisotopic (exact) mass is 434 g/mol. The highest BCUT2D eigenvalue weighted by atomic mass is 19.4. The molecular formula is C22H25F3N4O2. The van der Waals surface area contributed by atoms with Crippen LogP contribution in [0.3, 0.4) is 0 Å². The van der Waals surface area contributed by atoms with Gasteiger partial charge in [-0.05, 0) is 30.7 Å². The summed E-state index contributed by atoms with van der Waals surface area (Å²) in [7, 11) is 0. The predicted octanol–water partition coefficient (Wildman–Crippen LogP) is 4.04. The van der Waals surface area contributed by atoms with Crippen molar-refractivity contribution < 1.29 is 23.1 Å². The van der Waals surface area contributed by atoms with Crippen LogP contribution in [0.1, 0.15) is 31.7 Å². The number of amides is 2. The number of aliphatic hydroxyl groups is 1. The average molecular weight is 434 g/mol. The van der Waals surface area contributed by atoms with Crippen LogP contribution in [0.5, 0.6) is 0 Å². The van der Waals surface area contributed by atoms with Crippen LogP contribution < -0.4 is 15.1 Å². The van der Waals surface area contributed by atoms with Crippen molar-refractivity contribution in [3.8, 4) is 11.3 Å². The Morgan fingerprint density at radius 1 is 1.23 bits per heavy atom. The molecule has 2 aromatic rings. The number of nitrogens with one attached hydrogen (secondary N) is 1. The molecular weight excluding hydrogens is 409 g/mol. The van der Waals surface area contributed by atoms with Crippen molar-refractivity contribution in [2.24, 2.45) is 0 Å². The number of pyridine rings is 1. The number of halogens is 3. The van der Waals surface area contributed by atoms with Gasteiger partial charge in [-0.25, -0.2) is 9.78 Å². The Morgan fingerprint density at radius 3 is 2.77 bits per heavy atom. The summed E-state index contributed by atoms with van der Waals surface area (Å²) in [5.41, 5.74) is 0.585. The molecule has 0 saturated carbocycles. The smallest absolute Gasteiger partial charge is 0.389 e. The number of unbranched alkanes of at least 4 members (excludes halogenated alkanes) is 2. The molecule has 2 amide bonds. The summed E-state index contributed by atoms with van der Waals surface area (Å²) in [4.78, 5) is 21.0. The first-order valence-corrected chi connectivity index (χ1v) is 10.5. The lowest BCUT2D eigenvalue weighted by molar-refractivity contribution is -0.137. The van der Waals surface area contributed by atoms with Crippen molar-refractivity contribution in [1.82, 2.24) is 10.3 Å². The second kappa shape index (κ2) is 8.37. The van der Waals surface area contributed by atoms with E-state index in [2.05, 4.69) is 17.2 Å². The molecule has 1 aromatic heterocycles. The van der Waals surface area contributed by atoms with Crippen LogP contribution in [0.4, 0.5) is 29.5 Å². The number of hydrogen-bond donors (Lipinski definition) is 2. The summed E-state index contributed by atoms with van der Waals surface area (Å²) in [6.45, 7) is 3.45. The van der Waals surface area contributed by atoms with Crippen LogP contribution in [0.25, 0.3) is 11.3 Å². The Labute approximate surface area is 178 Å². The molecule has 166 valence electrons. The maximum Gasteiger partial charge on any atom is 0.416 e. The highest BCUT2D eigenvalue weighted by molar-refractivity contribution is 5.97. The third kappa shape index (κ3) is 4.19. The van der Waals surface area contributed by atoms with Crippen molar-refractivity contribution >= 4 is 17.5 Å². The van der Waals surface area contributed by atoms with E-state index in [1.165, 1.54) is 11.0 Å². The predicted molar refractivity (Wildman–Crippen MR) is 112 cm³/mol. The SMILES string of the molecule is CCCCCNC(=O)N1c2nc(-c3cccc(C(F)(F)F)c3)ccc2N2C[C@@H](O)[C@H]1C2. The summed E-state index contributed by atoms with van der Waals surface area (Å²) in [5, 5.41) is 13.4. The standard InChI is InChI=1S/C22H25F3N4O2/c1-2-3-4-10-26-21(31)29-18-12-28(13-19(18)30)17-9-8-16(27-20(17)29)14-6-5-7-15(11-14)22(23,24)25/h5-9,11,18-19,30H,2-4,10,12-13H2,1H3,(H,26,31)/t18-,19-/m1/s1. The van der Waals surface area contributed by atoms with Crippen LogP contribution in [-0.2, 0) is 6.18 Å². The maximum atomic E-state index is 13.1. The molecule has 0 unspecified atom stereocenters. The molecule has 1 saturated heterocycles. The molecule has 2 aliphatic heterocycles. The minimum atomic E-state index is -4.45. The third-order valence-corrected chi connectivity index (χ3v) is 5.78. The summed E-state index contributed by atoms with van der Waals surface area (Å²) in [6, 6.07) is 7.57. The number of aliphatic hydroxyl groups excluding tert-OH is 1. The number of fused-ring (bicyclic) bond motifs is 4. The van der Waals surface area contributed by atoms with Gasteiger partial charge in [-0.1, -0.05) is 31.9 Å². The molecule has 1 fully saturated rings. The summed E-state index contributed by atoms with van der Waals surface area (Å²) in [6.07, 6.45) is -2.31. The van der Waals surface area contributed by atoms with Gasteiger partial charge in [0.1, 0.15) is 0 Å². The van der Waals surface area contributed by atoms with Crippen LogP contribution in [-0.4, -0.2) is 47.9 Å². The number of anilines is 2. The van der Waals surface area contributed by atoms with E-state index in [-0.39, 0.29) is 6.03 Å². The van der Waals surface area contributed by atoms with Crippen LogP contribution in [0.2, 0.25) is 0 Å². The van der Waals surface area contributed by atoms with Crippen molar-refractivity contribution in [3.63, 3.8) is 0 Å². The molecule has 4 rings (SSSR count). The summed E-state index contributed by atoms with van der Waals surface area (Å²) >= 11 is 0. The van der Waals surface area contributed by atoms with Gasteiger partial charge in [0.05, 0.1) is 29.1 Å². The van der Waals surface area contributed by atoms with Crippen molar-refractivity contribution in [3.05, 3.63) is 42.0 Å². The minimum absolute atomic E-state index is 0.314. The van der Waals surface area contributed by atoms with Gasteiger partial charge in [-0.2, -0.15) is 13.2 Å².